The van der Waals surface area contributed by atoms with Gasteiger partial charge in [-0.3, -0.25) is 0 Å². The van der Waals surface area contributed by atoms with E-state index in [-0.39, 0.29) is 56.3 Å². The number of hydrogen-bond donors (Lipinski definition) is 0. The van der Waals surface area contributed by atoms with Crippen LogP contribution in [0.5, 0.6) is 11.5 Å². The third kappa shape index (κ3) is 11.4. The normalized spacial score (nSPS) is 11.1. The number of unbranched alkanes of at least 4 members (excludes halogenated alkanes) is 9. The minimum atomic E-state index is -4.52. The van der Waals surface area contributed by atoms with E-state index in [4.69, 9.17) is 4.74 Å². The predicted molar refractivity (Wildman–Crippen MR) is 116 cm³/mol. The third-order valence-corrected chi connectivity index (χ3v) is 5.84. The number of benzene rings is 2. The molecule has 0 unspecified atom stereocenters. The first-order chi connectivity index (χ1) is 14.0. The van der Waals surface area contributed by atoms with Gasteiger partial charge in [0.25, 0.3) is 0 Å². The summed E-state index contributed by atoms with van der Waals surface area (Å²) in [5.41, 5.74) is 0.826. The first kappa shape index (κ1) is 27.8. The second kappa shape index (κ2) is 15.6. The molecule has 4 nitrogen and oxygen atoms in total. The van der Waals surface area contributed by atoms with Crippen LogP contribution in [0.25, 0.3) is 0 Å². The van der Waals surface area contributed by atoms with Gasteiger partial charge in [0.05, 0.1) is 4.90 Å². The molecule has 0 atom stereocenters. The van der Waals surface area contributed by atoms with E-state index in [0.29, 0.717) is 11.5 Å². The van der Waals surface area contributed by atoms with E-state index < -0.39 is 10.1 Å². The van der Waals surface area contributed by atoms with Crippen LogP contribution < -0.4 is 56.1 Å². The zero-order valence-corrected chi connectivity index (χ0v) is 22.4. The van der Waals surface area contributed by atoms with Crippen molar-refractivity contribution in [2.45, 2.75) is 82.4 Å². The molecule has 0 bridgehead atoms. The van der Waals surface area contributed by atoms with E-state index in [1.807, 2.05) is 24.3 Å². The number of hydrogen-bond acceptors (Lipinski definition) is 4. The fourth-order valence-electron chi connectivity index (χ4n) is 3.42. The van der Waals surface area contributed by atoms with Crippen molar-refractivity contribution in [2.24, 2.45) is 0 Å². The molecule has 0 fully saturated rings. The van der Waals surface area contributed by atoms with Crippen molar-refractivity contribution in [1.29, 1.82) is 0 Å². The second-order valence-corrected chi connectivity index (χ2v) is 8.99. The summed E-state index contributed by atoms with van der Waals surface area (Å²) in [6, 6.07) is 13.8. The molecule has 0 amide bonds. The van der Waals surface area contributed by atoms with E-state index in [0.717, 1.165) is 24.8 Å². The van der Waals surface area contributed by atoms with Gasteiger partial charge in [-0.25, -0.2) is 8.42 Å². The van der Waals surface area contributed by atoms with Gasteiger partial charge in [-0.1, -0.05) is 82.9 Å². The fourth-order valence-corrected chi connectivity index (χ4v) is 3.98. The molecule has 0 saturated carbocycles. The van der Waals surface area contributed by atoms with Crippen molar-refractivity contribution in [3.63, 3.8) is 0 Å². The Morgan fingerprint density at radius 1 is 0.767 bits per heavy atom. The molecule has 0 spiro atoms. The molecule has 0 heterocycles. The van der Waals surface area contributed by atoms with Gasteiger partial charge in [0, 0.05) is 0 Å². The smallest absolute Gasteiger partial charge is 0.744 e. The minimum Gasteiger partial charge on any atom is -0.744 e. The number of ether oxygens (including phenoxy) is 1. The molecule has 0 saturated heterocycles. The van der Waals surface area contributed by atoms with Crippen LogP contribution in [0.2, 0.25) is 0 Å². The molecule has 30 heavy (non-hydrogen) atoms. The van der Waals surface area contributed by atoms with E-state index in [1.165, 1.54) is 63.5 Å². The molecule has 0 N–H and O–H groups in total. The summed E-state index contributed by atoms with van der Waals surface area (Å²) < 4.78 is 40.3. The van der Waals surface area contributed by atoms with Gasteiger partial charge in [0.1, 0.15) is 21.6 Å². The molecule has 0 radical (unpaired) electrons. The zero-order chi connectivity index (χ0) is 21.0. The Morgan fingerprint density at radius 2 is 1.33 bits per heavy atom. The maximum Gasteiger partial charge on any atom is 1.00 e. The fraction of sp³-hybridized carbons (Fsp3) is 0.500. The van der Waals surface area contributed by atoms with Crippen molar-refractivity contribution in [2.75, 3.05) is 0 Å². The van der Waals surface area contributed by atoms with Gasteiger partial charge in [-0.05, 0) is 48.7 Å². The Hall–Kier alpha value is -0.214. The number of rotatable bonds is 14. The summed E-state index contributed by atoms with van der Waals surface area (Å²) in [4.78, 5) is -0.229. The van der Waals surface area contributed by atoms with Crippen molar-refractivity contribution < 1.29 is 69.1 Å². The molecule has 2 rings (SSSR count). The van der Waals surface area contributed by atoms with E-state index in [9.17, 15) is 13.0 Å². The third-order valence-electron chi connectivity index (χ3n) is 5.03. The Kier molecular flexibility index (Phi) is 14.4. The Labute approximate surface area is 225 Å². The van der Waals surface area contributed by atoms with Crippen LogP contribution in [0.4, 0.5) is 0 Å². The maximum atomic E-state index is 11.5. The van der Waals surface area contributed by atoms with Gasteiger partial charge in [-0.2, -0.15) is 0 Å². The quantitative estimate of drug-likeness (QED) is 0.246. The van der Waals surface area contributed by atoms with Crippen LogP contribution in [0.3, 0.4) is 0 Å². The van der Waals surface area contributed by atoms with Crippen LogP contribution in [-0.4, -0.2) is 13.0 Å². The van der Waals surface area contributed by atoms with E-state index in [2.05, 4.69) is 6.92 Å². The molecular weight excluding hydrogens is 423 g/mol. The average molecular weight is 457 g/mol. The van der Waals surface area contributed by atoms with Gasteiger partial charge >= 0.3 is 51.4 Å². The molecule has 0 aliphatic carbocycles. The monoisotopic (exact) mass is 456 g/mol. The van der Waals surface area contributed by atoms with Crippen molar-refractivity contribution in [1.82, 2.24) is 0 Å². The topological polar surface area (TPSA) is 66.4 Å². The van der Waals surface area contributed by atoms with Crippen LogP contribution in [0.1, 0.15) is 76.7 Å². The standard InChI is InChI=1S/C24H34O4S.K/c1-2-3-4-5-6-7-8-9-10-12-15-21-18-23(20-24(19-21)29(25,26)27)28-22-16-13-11-14-17-22;/h11,13-14,16-20H,2-10,12,15H2,1H3,(H,25,26,27);/q;+1/p-1. The molecule has 2 aromatic carbocycles. The van der Waals surface area contributed by atoms with Gasteiger partial charge in [0.2, 0.25) is 0 Å². The van der Waals surface area contributed by atoms with E-state index in [1.54, 1.807) is 12.1 Å². The minimum absolute atomic E-state index is 0. The first-order valence-corrected chi connectivity index (χ1v) is 12.2. The number of para-hydroxylation sites is 1. The van der Waals surface area contributed by atoms with Gasteiger partial charge < -0.3 is 9.29 Å². The first-order valence-electron chi connectivity index (χ1n) is 10.8. The summed E-state index contributed by atoms with van der Waals surface area (Å²) in [7, 11) is -4.52. The van der Waals surface area contributed by atoms with E-state index >= 15 is 0 Å². The Bertz CT molecular complexity index is 822. The van der Waals surface area contributed by atoms with Crippen molar-refractivity contribution in [3.05, 3.63) is 54.1 Å². The predicted octanol–water partition coefficient (Wildman–Crippen LogP) is 3.85. The molecule has 160 valence electrons. The van der Waals surface area contributed by atoms with Crippen LogP contribution in [-0.2, 0) is 16.5 Å². The summed E-state index contributed by atoms with van der Waals surface area (Å²) in [6.07, 6.45) is 13.2. The molecule has 0 aromatic heterocycles. The zero-order valence-electron chi connectivity index (χ0n) is 18.4. The molecule has 2 aromatic rings. The molecule has 6 heteroatoms. The Morgan fingerprint density at radius 3 is 1.90 bits per heavy atom. The summed E-state index contributed by atoms with van der Waals surface area (Å²) in [5, 5.41) is 0. The summed E-state index contributed by atoms with van der Waals surface area (Å²) in [5.74, 6) is 0.994. The largest absolute Gasteiger partial charge is 1.00 e. The van der Waals surface area contributed by atoms with Crippen molar-refractivity contribution >= 4 is 10.1 Å². The van der Waals surface area contributed by atoms with Crippen LogP contribution in [0.15, 0.2) is 53.4 Å². The SMILES string of the molecule is CCCCCCCCCCCCc1cc(Oc2ccccc2)cc(S(=O)(=O)[O-])c1.[K+]. The molecule has 0 aliphatic heterocycles. The Balaban J connectivity index is 0.00000450. The van der Waals surface area contributed by atoms with Gasteiger partial charge in [0.15, 0.2) is 0 Å². The number of aryl methyl sites for hydroxylation is 1. The van der Waals surface area contributed by atoms with Crippen LogP contribution in [0, 0.1) is 0 Å². The summed E-state index contributed by atoms with van der Waals surface area (Å²) in [6.45, 7) is 2.24. The van der Waals surface area contributed by atoms with Crippen molar-refractivity contribution in [3.8, 4) is 11.5 Å². The molecule has 0 aliphatic rings. The van der Waals surface area contributed by atoms with Crippen LogP contribution >= 0.6 is 0 Å². The maximum absolute atomic E-state index is 11.5. The average Bonchev–Trinajstić information content (AvgIpc) is 2.69. The van der Waals surface area contributed by atoms with Gasteiger partial charge in [-0.15, -0.1) is 0 Å². The summed E-state index contributed by atoms with van der Waals surface area (Å²) >= 11 is 0. The second-order valence-electron chi connectivity index (χ2n) is 7.61. The molecular formula is C24H33KO4S.